The van der Waals surface area contributed by atoms with Crippen molar-refractivity contribution in [3.8, 4) is 0 Å². The Morgan fingerprint density at radius 1 is 1.29 bits per heavy atom. The summed E-state index contributed by atoms with van der Waals surface area (Å²) in [5, 5.41) is 12.4. The molecule has 1 amide bonds. The van der Waals surface area contributed by atoms with Gasteiger partial charge < -0.3 is 10.4 Å². The molecule has 0 saturated heterocycles. The van der Waals surface area contributed by atoms with Crippen LogP contribution in [0.4, 0.5) is 0 Å². The summed E-state index contributed by atoms with van der Waals surface area (Å²) >= 11 is 1.49. The van der Waals surface area contributed by atoms with Gasteiger partial charge in [0, 0.05) is 4.90 Å². The molecule has 2 rings (SSSR count). The van der Waals surface area contributed by atoms with Crippen LogP contribution in [0.15, 0.2) is 29.2 Å². The Morgan fingerprint density at radius 3 is 2.48 bits per heavy atom. The zero-order valence-corrected chi connectivity index (χ0v) is 13.2. The summed E-state index contributed by atoms with van der Waals surface area (Å²) in [6.07, 6.45) is 4.56. The van der Waals surface area contributed by atoms with Gasteiger partial charge in [0.1, 0.15) is 5.54 Å². The van der Waals surface area contributed by atoms with Gasteiger partial charge in [0.25, 0.3) is 5.91 Å². The van der Waals surface area contributed by atoms with Crippen molar-refractivity contribution in [1.29, 1.82) is 0 Å². The third kappa shape index (κ3) is 3.40. The van der Waals surface area contributed by atoms with E-state index in [1.807, 2.05) is 18.4 Å². The van der Waals surface area contributed by atoms with E-state index in [4.69, 9.17) is 0 Å². The van der Waals surface area contributed by atoms with Crippen LogP contribution in [-0.2, 0) is 4.79 Å². The van der Waals surface area contributed by atoms with Gasteiger partial charge in [-0.1, -0.05) is 19.1 Å². The van der Waals surface area contributed by atoms with Crippen LogP contribution in [0.2, 0.25) is 0 Å². The third-order valence-electron chi connectivity index (χ3n) is 4.24. The van der Waals surface area contributed by atoms with Crippen LogP contribution < -0.4 is 5.32 Å². The molecule has 2 N–H and O–H groups in total. The Labute approximate surface area is 129 Å². The lowest BCUT2D eigenvalue weighted by atomic mass is 9.77. The number of benzene rings is 1. The molecule has 1 aromatic rings. The summed E-state index contributed by atoms with van der Waals surface area (Å²) in [4.78, 5) is 25.0. The molecule has 0 unspecified atom stereocenters. The second-order valence-corrected chi connectivity index (χ2v) is 6.57. The summed E-state index contributed by atoms with van der Waals surface area (Å²) in [6.45, 7) is 2.12. The fourth-order valence-corrected chi connectivity index (χ4v) is 3.36. The Kier molecular flexibility index (Phi) is 4.93. The molecule has 1 aromatic carbocycles. The number of aliphatic carboxylic acids is 1. The molecule has 1 fully saturated rings. The van der Waals surface area contributed by atoms with Crippen molar-refractivity contribution in [2.24, 2.45) is 5.92 Å². The van der Waals surface area contributed by atoms with Crippen LogP contribution in [0.3, 0.4) is 0 Å². The maximum Gasteiger partial charge on any atom is 0.329 e. The van der Waals surface area contributed by atoms with Gasteiger partial charge in [-0.3, -0.25) is 4.79 Å². The van der Waals surface area contributed by atoms with E-state index in [1.165, 1.54) is 11.8 Å². The maximum atomic E-state index is 12.5. The van der Waals surface area contributed by atoms with Crippen molar-refractivity contribution >= 4 is 23.6 Å². The van der Waals surface area contributed by atoms with Crippen LogP contribution in [0.5, 0.6) is 0 Å². The minimum atomic E-state index is -1.12. The predicted octanol–water partition coefficient (Wildman–Crippen LogP) is 3.17. The largest absolute Gasteiger partial charge is 0.480 e. The molecule has 5 heteroatoms. The van der Waals surface area contributed by atoms with Crippen molar-refractivity contribution in [2.75, 3.05) is 6.26 Å². The van der Waals surface area contributed by atoms with Crippen molar-refractivity contribution in [3.05, 3.63) is 29.8 Å². The highest BCUT2D eigenvalue weighted by Gasteiger charge is 2.42. The fourth-order valence-electron chi connectivity index (χ4n) is 2.76. The molecule has 0 atom stereocenters. The summed E-state index contributed by atoms with van der Waals surface area (Å²) in [5.41, 5.74) is -0.570. The van der Waals surface area contributed by atoms with E-state index >= 15 is 0 Å². The monoisotopic (exact) mass is 307 g/mol. The van der Waals surface area contributed by atoms with Crippen LogP contribution in [0.25, 0.3) is 0 Å². The number of thioether (sulfide) groups is 1. The van der Waals surface area contributed by atoms with Gasteiger partial charge in [0.05, 0.1) is 5.56 Å². The number of amides is 1. The molecular formula is C16H21NO3S. The zero-order chi connectivity index (χ0) is 15.5. The third-order valence-corrected chi connectivity index (χ3v) is 5.04. The smallest absolute Gasteiger partial charge is 0.329 e. The summed E-state index contributed by atoms with van der Waals surface area (Å²) in [7, 11) is 0. The van der Waals surface area contributed by atoms with Gasteiger partial charge in [0.2, 0.25) is 0 Å². The number of hydrogen-bond acceptors (Lipinski definition) is 3. The first-order valence-electron chi connectivity index (χ1n) is 7.17. The number of carboxylic acids is 1. The van der Waals surface area contributed by atoms with E-state index in [2.05, 4.69) is 12.2 Å². The molecule has 0 aliphatic heterocycles. The molecule has 4 nitrogen and oxygen atoms in total. The Hall–Kier alpha value is -1.49. The lowest BCUT2D eigenvalue weighted by molar-refractivity contribution is -0.146. The topological polar surface area (TPSA) is 66.4 Å². The average Bonchev–Trinajstić information content (AvgIpc) is 2.49. The first kappa shape index (κ1) is 15.9. The van der Waals surface area contributed by atoms with Crippen LogP contribution in [0.1, 0.15) is 43.0 Å². The first-order chi connectivity index (χ1) is 9.98. The number of nitrogens with one attached hydrogen (secondary N) is 1. The number of hydrogen-bond donors (Lipinski definition) is 2. The molecule has 1 aliphatic rings. The standard InChI is InChI=1S/C16H21NO3S/c1-11-7-9-16(10-8-11,15(19)20)17-14(18)12-5-3-4-6-13(12)21-2/h3-6,11H,7-10H2,1-2H3,(H,17,18)(H,19,20). The molecule has 114 valence electrons. The molecular weight excluding hydrogens is 286 g/mol. The predicted molar refractivity (Wildman–Crippen MR) is 83.7 cm³/mol. The van der Waals surface area contributed by atoms with Crippen LogP contribution >= 0.6 is 11.8 Å². The van der Waals surface area contributed by atoms with Crippen LogP contribution in [-0.4, -0.2) is 28.8 Å². The number of carboxylic acid groups (broad SMARTS) is 1. The summed E-state index contributed by atoms with van der Waals surface area (Å²) in [6, 6.07) is 7.28. The van der Waals surface area contributed by atoms with Crippen LogP contribution in [0, 0.1) is 5.92 Å². The molecule has 1 saturated carbocycles. The van der Waals surface area contributed by atoms with E-state index in [0.29, 0.717) is 24.3 Å². The second-order valence-electron chi connectivity index (χ2n) is 5.72. The zero-order valence-electron chi connectivity index (χ0n) is 12.4. The molecule has 0 bridgehead atoms. The quantitative estimate of drug-likeness (QED) is 0.839. The highest BCUT2D eigenvalue weighted by Crippen LogP contribution is 2.33. The molecule has 21 heavy (non-hydrogen) atoms. The first-order valence-corrected chi connectivity index (χ1v) is 8.40. The number of carbonyl (C=O) groups is 2. The number of rotatable bonds is 4. The summed E-state index contributed by atoms with van der Waals surface area (Å²) in [5.74, 6) is -0.700. The van der Waals surface area contributed by atoms with Crippen molar-refractivity contribution in [3.63, 3.8) is 0 Å². The molecule has 1 aliphatic carbocycles. The molecule has 0 radical (unpaired) electrons. The summed E-state index contributed by atoms with van der Waals surface area (Å²) < 4.78 is 0. The van der Waals surface area contributed by atoms with E-state index < -0.39 is 11.5 Å². The Balaban J connectivity index is 2.21. The lowest BCUT2D eigenvalue weighted by Gasteiger charge is -2.36. The van der Waals surface area contributed by atoms with E-state index in [9.17, 15) is 14.7 Å². The maximum absolute atomic E-state index is 12.5. The van der Waals surface area contributed by atoms with E-state index in [1.54, 1.807) is 12.1 Å². The lowest BCUT2D eigenvalue weighted by Crippen LogP contribution is -2.56. The fraction of sp³-hybridized carbons (Fsp3) is 0.500. The van der Waals surface area contributed by atoms with E-state index in [0.717, 1.165) is 17.7 Å². The number of carbonyl (C=O) groups excluding carboxylic acids is 1. The Bertz CT molecular complexity index is 536. The highest BCUT2D eigenvalue weighted by atomic mass is 32.2. The van der Waals surface area contributed by atoms with Gasteiger partial charge in [0.15, 0.2) is 0 Å². The van der Waals surface area contributed by atoms with Crippen molar-refractivity contribution in [2.45, 2.75) is 43.0 Å². The SMILES string of the molecule is CSc1ccccc1C(=O)NC1(C(=O)O)CCC(C)CC1. The van der Waals surface area contributed by atoms with Gasteiger partial charge >= 0.3 is 5.97 Å². The van der Waals surface area contributed by atoms with Crippen molar-refractivity contribution in [1.82, 2.24) is 5.32 Å². The average molecular weight is 307 g/mol. The normalized spacial score (nSPS) is 25.3. The van der Waals surface area contributed by atoms with Gasteiger partial charge in [-0.2, -0.15) is 0 Å². The van der Waals surface area contributed by atoms with E-state index in [-0.39, 0.29) is 5.91 Å². The molecule has 0 aromatic heterocycles. The van der Waals surface area contributed by atoms with Gasteiger partial charge in [-0.25, -0.2) is 4.79 Å². The minimum absolute atomic E-state index is 0.295. The van der Waals surface area contributed by atoms with Gasteiger partial charge in [-0.15, -0.1) is 11.8 Å². The van der Waals surface area contributed by atoms with Crippen molar-refractivity contribution < 1.29 is 14.7 Å². The Morgan fingerprint density at radius 2 is 1.90 bits per heavy atom. The minimum Gasteiger partial charge on any atom is -0.480 e. The second kappa shape index (κ2) is 6.52. The van der Waals surface area contributed by atoms with Gasteiger partial charge in [-0.05, 0) is 50.0 Å². The molecule has 0 spiro atoms. The highest BCUT2D eigenvalue weighted by molar-refractivity contribution is 7.98. The molecule has 0 heterocycles.